The van der Waals surface area contributed by atoms with Crippen LogP contribution in [-0.4, -0.2) is 50.3 Å². The van der Waals surface area contributed by atoms with Gasteiger partial charge in [-0.1, -0.05) is 13.8 Å². The van der Waals surface area contributed by atoms with Crippen LogP contribution in [0.15, 0.2) is 0 Å². The molecule has 16 heavy (non-hydrogen) atoms. The summed E-state index contributed by atoms with van der Waals surface area (Å²) in [6.07, 6.45) is 3.28. The Labute approximate surface area is 101 Å². The maximum absolute atomic E-state index is 6.00. The first-order valence-corrected chi connectivity index (χ1v) is 6.54. The molecule has 0 bridgehead atoms. The summed E-state index contributed by atoms with van der Waals surface area (Å²) in [6.45, 7) is 8.91. The van der Waals surface area contributed by atoms with Crippen molar-refractivity contribution in [2.24, 2.45) is 5.92 Å². The Balaban J connectivity index is 2.28. The third kappa shape index (κ3) is 4.04. The maximum Gasteiger partial charge on any atom is 0.0707 e. The van der Waals surface area contributed by atoms with E-state index < -0.39 is 0 Å². The van der Waals surface area contributed by atoms with Gasteiger partial charge in [0.1, 0.15) is 0 Å². The second-order valence-electron chi connectivity index (χ2n) is 5.44. The van der Waals surface area contributed by atoms with Crippen molar-refractivity contribution >= 4 is 0 Å². The van der Waals surface area contributed by atoms with Crippen LogP contribution in [0.2, 0.25) is 0 Å². The van der Waals surface area contributed by atoms with E-state index in [1.165, 1.54) is 12.8 Å². The van der Waals surface area contributed by atoms with Crippen LogP contribution >= 0.6 is 0 Å². The molecule has 0 amide bonds. The van der Waals surface area contributed by atoms with E-state index in [4.69, 9.17) is 4.74 Å². The minimum atomic E-state index is 0.428. The van der Waals surface area contributed by atoms with E-state index in [9.17, 15) is 0 Å². The van der Waals surface area contributed by atoms with E-state index in [0.717, 1.165) is 13.1 Å². The predicted molar refractivity (Wildman–Crippen MR) is 68.8 cm³/mol. The molecule has 1 heterocycles. The molecule has 1 aliphatic rings. The lowest BCUT2D eigenvalue weighted by Crippen LogP contribution is -2.39. The molecular formula is C13H28N2O. The molecule has 3 atom stereocenters. The number of nitrogens with one attached hydrogen (secondary N) is 1. The molecular weight excluding hydrogens is 200 g/mol. The van der Waals surface area contributed by atoms with Gasteiger partial charge in [0.05, 0.1) is 12.2 Å². The minimum Gasteiger partial charge on any atom is -0.372 e. The highest BCUT2D eigenvalue weighted by molar-refractivity contribution is 4.78. The molecule has 1 aliphatic heterocycles. The van der Waals surface area contributed by atoms with Crippen LogP contribution in [0.1, 0.15) is 33.6 Å². The van der Waals surface area contributed by atoms with Crippen molar-refractivity contribution in [3.8, 4) is 0 Å². The Morgan fingerprint density at radius 2 is 1.88 bits per heavy atom. The van der Waals surface area contributed by atoms with E-state index in [1.807, 2.05) is 7.05 Å². The van der Waals surface area contributed by atoms with Crippen LogP contribution < -0.4 is 5.32 Å². The lowest BCUT2D eigenvalue weighted by Gasteiger charge is -2.30. The molecule has 3 unspecified atom stereocenters. The standard InChI is InChI=1S/C13H28N2O/c1-10(2)11(3)15(5)9-13-7-6-12(16-13)8-14-4/h10-14H,6-9H2,1-5H3. The van der Waals surface area contributed by atoms with Crippen molar-refractivity contribution in [3.05, 3.63) is 0 Å². The fraction of sp³-hybridized carbons (Fsp3) is 1.00. The summed E-state index contributed by atoms with van der Waals surface area (Å²) in [7, 11) is 4.20. The van der Waals surface area contributed by atoms with E-state index in [-0.39, 0.29) is 0 Å². The number of hydrogen-bond acceptors (Lipinski definition) is 3. The van der Waals surface area contributed by atoms with Gasteiger partial charge in [-0.25, -0.2) is 0 Å². The van der Waals surface area contributed by atoms with E-state index >= 15 is 0 Å². The molecule has 3 heteroatoms. The van der Waals surface area contributed by atoms with Gasteiger partial charge in [0.15, 0.2) is 0 Å². The van der Waals surface area contributed by atoms with Crippen LogP contribution in [0, 0.1) is 5.92 Å². The van der Waals surface area contributed by atoms with E-state index in [0.29, 0.717) is 24.2 Å². The Hall–Kier alpha value is -0.120. The maximum atomic E-state index is 6.00. The Morgan fingerprint density at radius 1 is 1.25 bits per heavy atom. The van der Waals surface area contributed by atoms with Crippen molar-refractivity contribution in [2.45, 2.75) is 51.9 Å². The van der Waals surface area contributed by atoms with Gasteiger partial charge in [0.25, 0.3) is 0 Å². The summed E-state index contributed by atoms with van der Waals surface area (Å²) >= 11 is 0. The summed E-state index contributed by atoms with van der Waals surface area (Å²) in [5.74, 6) is 0.708. The Kier molecular flexibility index (Phi) is 5.73. The number of nitrogens with zero attached hydrogens (tertiary/aromatic N) is 1. The number of ether oxygens (including phenoxy) is 1. The van der Waals surface area contributed by atoms with Crippen molar-refractivity contribution in [1.82, 2.24) is 10.2 Å². The fourth-order valence-electron chi connectivity index (χ4n) is 2.29. The lowest BCUT2D eigenvalue weighted by atomic mass is 10.0. The van der Waals surface area contributed by atoms with Crippen LogP contribution in [0.3, 0.4) is 0 Å². The zero-order chi connectivity index (χ0) is 12.1. The molecule has 0 radical (unpaired) electrons. The lowest BCUT2D eigenvalue weighted by molar-refractivity contribution is 0.0189. The average molecular weight is 228 g/mol. The van der Waals surface area contributed by atoms with Gasteiger partial charge in [0, 0.05) is 19.1 Å². The average Bonchev–Trinajstić information content (AvgIpc) is 2.65. The molecule has 1 rings (SSSR count). The third-order valence-electron chi connectivity index (χ3n) is 3.78. The molecule has 1 saturated heterocycles. The van der Waals surface area contributed by atoms with Gasteiger partial charge >= 0.3 is 0 Å². The van der Waals surface area contributed by atoms with Crippen molar-refractivity contribution in [1.29, 1.82) is 0 Å². The molecule has 1 N–H and O–H groups in total. The smallest absolute Gasteiger partial charge is 0.0707 e. The molecule has 0 spiro atoms. The monoisotopic (exact) mass is 228 g/mol. The minimum absolute atomic E-state index is 0.428. The first kappa shape index (κ1) is 13.9. The largest absolute Gasteiger partial charge is 0.372 e. The van der Waals surface area contributed by atoms with Crippen LogP contribution in [0.5, 0.6) is 0 Å². The Bertz CT molecular complexity index is 196. The molecule has 1 fully saturated rings. The van der Waals surface area contributed by atoms with Gasteiger partial charge in [-0.2, -0.15) is 0 Å². The first-order chi connectivity index (χ1) is 7.54. The predicted octanol–water partition coefficient (Wildman–Crippen LogP) is 1.73. The van der Waals surface area contributed by atoms with Gasteiger partial charge < -0.3 is 15.0 Å². The molecule has 0 aromatic rings. The highest BCUT2D eigenvalue weighted by atomic mass is 16.5. The Morgan fingerprint density at radius 3 is 2.44 bits per heavy atom. The van der Waals surface area contributed by atoms with Crippen LogP contribution in [0.4, 0.5) is 0 Å². The summed E-state index contributed by atoms with van der Waals surface area (Å²) in [5, 5.41) is 3.19. The number of likely N-dealkylation sites (N-methyl/N-ethyl adjacent to an activating group) is 2. The molecule has 0 aromatic carbocycles. The van der Waals surface area contributed by atoms with Crippen molar-refractivity contribution in [3.63, 3.8) is 0 Å². The second kappa shape index (κ2) is 6.58. The van der Waals surface area contributed by atoms with Gasteiger partial charge in [-0.05, 0) is 39.8 Å². The highest BCUT2D eigenvalue weighted by Crippen LogP contribution is 2.21. The van der Waals surface area contributed by atoms with Crippen molar-refractivity contribution < 1.29 is 4.74 Å². The summed E-state index contributed by atoms with van der Waals surface area (Å²) < 4.78 is 6.00. The number of hydrogen-bond donors (Lipinski definition) is 1. The van der Waals surface area contributed by atoms with E-state index in [1.54, 1.807) is 0 Å². The molecule has 3 nitrogen and oxygen atoms in total. The summed E-state index contributed by atoms with van der Waals surface area (Å²) in [4.78, 5) is 2.43. The topological polar surface area (TPSA) is 24.5 Å². The zero-order valence-electron chi connectivity index (χ0n) is 11.5. The van der Waals surface area contributed by atoms with E-state index in [2.05, 4.69) is 38.0 Å². The quantitative estimate of drug-likeness (QED) is 0.749. The zero-order valence-corrected chi connectivity index (χ0v) is 11.5. The summed E-state index contributed by atoms with van der Waals surface area (Å²) in [5.41, 5.74) is 0. The molecule has 96 valence electrons. The molecule has 0 aromatic heterocycles. The van der Waals surface area contributed by atoms with Gasteiger partial charge in [-0.3, -0.25) is 0 Å². The normalized spacial score (nSPS) is 27.9. The first-order valence-electron chi connectivity index (χ1n) is 6.54. The molecule has 0 saturated carbocycles. The number of rotatable bonds is 6. The molecule has 0 aliphatic carbocycles. The third-order valence-corrected chi connectivity index (χ3v) is 3.78. The fourth-order valence-corrected chi connectivity index (χ4v) is 2.29. The highest BCUT2D eigenvalue weighted by Gasteiger charge is 2.26. The van der Waals surface area contributed by atoms with Gasteiger partial charge in [-0.15, -0.1) is 0 Å². The van der Waals surface area contributed by atoms with Crippen LogP contribution in [0.25, 0.3) is 0 Å². The summed E-state index contributed by atoms with van der Waals surface area (Å²) in [6, 6.07) is 0.631. The van der Waals surface area contributed by atoms with Crippen LogP contribution in [-0.2, 0) is 4.74 Å². The van der Waals surface area contributed by atoms with Gasteiger partial charge in [0.2, 0.25) is 0 Å². The second-order valence-corrected chi connectivity index (χ2v) is 5.44. The SMILES string of the molecule is CNCC1CCC(CN(C)C(C)C(C)C)O1. The van der Waals surface area contributed by atoms with Crippen molar-refractivity contribution in [2.75, 3.05) is 27.2 Å².